The van der Waals surface area contributed by atoms with Gasteiger partial charge >= 0.3 is 0 Å². The Morgan fingerprint density at radius 3 is 2.17 bits per heavy atom. The minimum Gasteiger partial charge on any atom is -0.394 e. The summed E-state index contributed by atoms with van der Waals surface area (Å²) in [6.45, 7) is -0.415. The molecule has 0 radical (unpaired) electrons. The molecule has 1 fully saturated rings. The highest BCUT2D eigenvalue weighted by Crippen LogP contribution is 2.22. The zero-order valence-electron chi connectivity index (χ0n) is 6.24. The van der Waals surface area contributed by atoms with E-state index < -0.39 is 36.5 Å². The summed E-state index contributed by atoms with van der Waals surface area (Å²) in [5.41, 5.74) is -0.874. The van der Waals surface area contributed by atoms with Crippen LogP contribution in [0.4, 0.5) is 0 Å². The molecular formula is C6H12O5S. The van der Waals surface area contributed by atoms with Crippen LogP contribution in [0.3, 0.4) is 0 Å². The molecule has 0 bridgehead atoms. The Labute approximate surface area is 75.0 Å². The van der Waals surface area contributed by atoms with Gasteiger partial charge in [0.25, 0.3) is 0 Å². The normalized spacial score (nSPS) is 49.2. The highest BCUT2D eigenvalue weighted by Gasteiger charge is 2.41. The lowest BCUT2D eigenvalue weighted by Crippen LogP contribution is -2.56. The van der Waals surface area contributed by atoms with Crippen LogP contribution in [-0.2, 0) is 4.74 Å². The van der Waals surface area contributed by atoms with Gasteiger partial charge in [0, 0.05) is 0 Å². The summed E-state index contributed by atoms with van der Waals surface area (Å²) in [4.78, 5) is 0. The van der Waals surface area contributed by atoms with Gasteiger partial charge in [-0.25, -0.2) is 0 Å². The second-order valence-electron chi connectivity index (χ2n) is 2.72. The standard InChI is InChI=1S/C6H12O5S/c7-1-2-3(8)4(9)5(10)6(12)11-2/h2-10,12H,1H2/t2?,3-,4?,5?,6-/m0/s1. The molecule has 0 aromatic heterocycles. The number of hydrogen-bond acceptors (Lipinski definition) is 6. The van der Waals surface area contributed by atoms with Gasteiger partial charge in [-0.2, -0.15) is 0 Å². The molecule has 72 valence electrons. The van der Waals surface area contributed by atoms with Crippen molar-refractivity contribution < 1.29 is 25.2 Å². The number of aliphatic hydroxyl groups is 4. The van der Waals surface area contributed by atoms with Gasteiger partial charge in [-0.3, -0.25) is 0 Å². The summed E-state index contributed by atoms with van der Waals surface area (Å²) in [6.07, 6.45) is -4.70. The first-order valence-corrected chi connectivity index (χ1v) is 4.08. The predicted octanol–water partition coefficient (Wildman–Crippen LogP) is -2.28. The second-order valence-corrected chi connectivity index (χ2v) is 3.23. The minimum atomic E-state index is -1.32. The third-order valence-corrected chi connectivity index (χ3v) is 2.29. The molecule has 1 aliphatic rings. The number of hydrogen-bond donors (Lipinski definition) is 5. The number of thiol groups is 1. The van der Waals surface area contributed by atoms with Crippen LogP contribution in [0.1, 0.15) is 0 Å². The van der Waals surface area contributed by atoms with Gasteiger partial charge in [-0.15, -0.1) is 12.6 Å². The van der Waals surface area contributed by atoms with Crippen molar-refractivity contribution in [3.05, 3.63) is 0 Å². The predicted molar refractivity (Wildman–Crippen MR) is 42.8 cm³/mol. The van der Waals surface area contributed by atoms with Crippen molar-refractivity contribution >= 4 is 12.6 Å². The molecular weight excluding hydrogens is 184 g/mol. The van der Waals surface area contributed by atoms with E-state index in [0.29, 0.717) is 0 Å². The van der Waals surface area contributed by atoms with Crippen LogP contribution in [0.5, 0.6) is 0 Å². The molecule has 0 aromatic carbocycles. The molecule has 3 unspecified atom stereocenters. The topological polar surface area (TPSA) is 90.2 Å². The Bertz CT molecular complexity index is 150. The van der Waals surface area contributed by atoms with Crippen molar-refractivity contribution in [3.8, 4) is 0 Å². The Morgan fingerprint density at radius 2 is 1.67 bits per heavy atom. The van der Waals surface area contributed by atoms with Crippen molar-refractivity contribution in [2.24, 2.45) is 0 Å². The van der Waals surface area contributed by atoms with Crippen molar-refractivity contribution in [2.75, 3.05) is 6.61 Å². The maximum atomic E-state index is 9.20. The summed E-state index contributed by atoms with van der Waals surface area (Å²) in [5.74, 6) is 0. The highest BCUT2D eigenvalue weighted by atomic mass is 32.1. The van der Waals surface area contributed by atoms with Crippen LogP contribution < -0.4 is 0 Å². The first-order chi connectivity index (χ1) is 5.57. The van der Waals surface area contributed by atoms with Gasteiger partial charge in [0.1, 0.15) is 29.9 Å². The molecule has 1 rings (SSSR count). The van der Waals surface area contributed by atoms with Crippen LogP contribution in [0.2, 0.25) is 0 Å². The van der Waals surface area contributed by atoms with Crippen molar-refractivity contribution in [1.82, 2.24) is 0 Å². The van der Waals surface area contributed by atoms with Crippen LogP contribution in [0.25, 0.3) is 0 Å². The molecule has 12 heavy (non-hydrogen) atoms. The molecule has 0 aromatic rings. The highest BCUT2D eigenvalue weighted by molar-refractivity contribution is 7.80. The van der Waals surface area contributed by atoms with Crippen molar-refractivity contribution in [3.63, 3.8) is 0 Å². The molecule has 5 nitrogen and oxygen atoms in total. The monoisotopic (exact) mass is 196 g/mol. The van der Waals surface area contributed by atoms with E-state index in [1.807, 2.05) is 0 Å². The molecule has 0 aliphatic carbocycles. The van der Waals surface area contributed by atoms with E-state index in [1.54, 1.807) is 0 Å². The fraction of sp³-hybridized carbons (Fsp3) is 1.00. The average Bonchev–Trinajstić information content (AvgIpc) is 2.08. The maximum Gasteiger partial charge on any atom is 0.129 e. The van der Waals surface area contributed by atoms with Crippen LogP contribution >= 0.6 is 12.6 Å². The van der Waals surface area contributed by atoms with E-state index in [9.17, 15) is 10.2 Å². The molecule has 0 saturated carbocycles. The first kappa shape index (κ1) is 10.2. The molecule has 6 heteroatoms. The second kappa shape index (κ2) is 3.91. The largest absolute Gasteiger partial charge is 0.394 e. The number of rotatable bonds is 1. The quantitative estimate of drug-likeness (QED) is 0.305. The Balaban J connectivity index is 2.63. The lowest BCUT2D eigenvalue weighted by Gasteiger charge is -2.37. The molecule has 1 aliphatic heterocycles. The van der Waals surface area contributed by atoms with E-state index in [0.717, 1.165) is 0 Å². The number of ether oxygens (including phenoxy) is 1. The fourth-order valence-electron chi connectivity index (χ4n) is 1.08. The summed E-state index contributed by atoms with van der Waals surface area (Å²) in [7, 11) is 0. The fourth-order valence-corrected chi connectivity index (χ4v) is 1.41. The smallest absolute Gasteiger partial charge is 0.129 e. The van der Waals surface area contributed by atoms with E-state index >= 15 is 0 Å². The van der Waals surface area contributed by atoms with Crippen LogP contribution in [0, 0.1) is 0 Å². The minimum absolute atomic E-state index is 0.415. The summed E-state index contributed by atoms with van der Waals surface area (Å²) in [6, 6.07) is 0. The Morgan fingerprint density at radius 1 is 1.08 bits per heavy atom. The SMILES string of the molecule is OCC1O[C@@H](S)C(O)C(O)[C@H]1O. The summed E-state index contributed by atoms with van der Waals surface area (Å²) < 4.78 is 4.88. The zero-order valence-corrected chi connectivity index (χ0v) is 7.13. The zero-order chi connectivity index (χ0) is 9.30. The van der Waals surface area contributed by atoms with Gasteiger partial charge in [0.05, 0.1) is 6.61 Å². The summed E-state index contributed by atoms with van der Waals surface area (Å²) >= 11 is 3.81. The van der Waals surface area contributed by atoms with E-state index in [4.69, 9.17) is 14.9 Å². The van der Waals surface area contributed by atoms with Crippen LogP contribution in [-0.4, -0.2) is 56.9 Å². The number of aliphatic hydroxyl groups excluding tert-OH is 4. The molecule has 1 heterocycles. The lowest BCUT2D eigenvalue weighted by molar-refractivity contribution is -0.205. The van der Waals surface area contributed by atoms with Gasteiger partial charge in [0.2, 0.25) is 0 Å². The molecule has 5 atom stereocenters. The molecule has 0 amide bonds. The summed E-state index contributed by atoms with van der Waals surface area (Å²) in [5, 5.41) is 36.2. The van der Waals surface area contributed by atoms with E-state index in [2.05, 4.69) is 12.6 Å². The van der Waals surface area contributed by atoms with Crippen molar-refractivity contribution in [2.45, 2.75) is 29.9 Å². The van der Waals surface area contributed by atoms with Gasteiger partial charge in [0.15, 0.2) is 0 Å². The van der Waals surface area contributed by atoms with Gasteiger partial charge in [-0.1, -0.05) is 0 Å². The molecule has 0 spiro atoms. The lowest BCUT2D eigenvalue weighted by atomic mass is 10.0. The third-order valence-electron chi connectivity index (χ3n) is 1.87. The van der Waals surface area contributed by atoms with Gasteiger partial charge < -0.3 is 25.2 Å². The van der Waals surface area contributed by atoms with Crippen LogP contribution in [0.15, 0.2) is 0 Å². The Hall–Kier alpha value is 0.150. The molecule has 1 saturated heterocycles. The average molecular weight is 196 g/mol. The van der Waals surface area contributed by atoms with Gasteiger partial charge in [-0.05, 0) is 0 Å². The van der Waals surface area contributed by atoms with Crippen molar-refractivity contribution in [1.29, 1.82) is 0 Å². The first-order valence-electron chi connectivity index (χ1n) is 3.56. The maximum absolute atomic E-state index is 9.20. The van der Waals surface area contributed by atoms with E-state index in [-0.39, 0.29) is 0 Å². The third kappa shape index (κ3) is 1.73. The van der Waals surface area contributed by atoms with E-state index in [1.165, 1.54) is 0 Å². The molecule has 4 N–H and O–H groups in total. The Kier molecular flexibility index (Phi) is 3.33.